The maximum Gasteiger partial charge on any atom is 0.149 e. The first-order valence-electron chi connectivity index (χ1n) is 6.42. The van der Waals surface area contributed by atoms with Gasteiger partial charge in [-0.15, -0.1) is 0 Å². The molecule has 1 heterocycles. The van der Waals surface area contributed by atoms with Gasteiger partial charge in [-0.05, 0) is 20.8 Å². The summed E-state index contributed by atoms with van der Waals surface area (Å²) in [6, 6.07) is 1.17. The van der Waals surface area contributed by atoms with Crippen LogP contribution in [-0.4, -0.2) is 53.8 Å². The van der Waals surface area contributed by atoms with E-state index >= 15 is 0 Å². The molecule has 0 bridgehead atoms. The van der Waals surface area contributed by atoms with Crippen LogP contribution in [0.1, 0.15) is 34.6 Å². The molecule has 1 aliphatic rings. The van der Waals surface area contributed by atoms with Crippen LogP contribution in [0.5, 0.6) is 0 Å². The number of piperazine rings is 1. The topological polar surface area (TPSA) is 23.6 Å². The van der Waals surface area contributed by atoms with Gasteiger partial charge in [0.05, 0.1) is 6.54 Å². The van der Waals surface area contributed by atoms with E-state index in [4.69, 9.17) is 0 Å². The van der Waals surface area contributed by atoms with Crippen LogP contribution in [-0.2, 0) is 4.79 Å². The molecule has 0 unspecified atom stereocenters. The van der Waals surface area contributed by atoms with E-state index in [9.17, 15) is 4.79 Å². The molecule has 3 nitrogen and oxygen atoms in total. The summed E-state index contributed by atoms with van der Waals surface area (Å²) < 4.78 is 0. The summed E-state index contributed by atoms with van der Waals surface area (Å²) >= 11 is 0. The number of hydrogen-bond acceptors (Lipinski definition) is 3. The number of rotatable bonds is 4. The highest BCUT2D eigenvalue weighted by atomic mass is 16.1. The molecule has 1 fully saturated rings. The highest BCUT2D eigenvalue weighted by Gasteiger charge is 2.26. The Balaban J connectivity index is 2.42. The summed E-state index contributed by atoms with van der Waals surface area (Å²) in [5, 5.41) is 0. The fraction of sp³-hybridized carbons (Fsp3) is 0.923. The second kappa shape index (κ2) is 5.78. The largest absolute Gasteiger partial charge is 0.298 e. The van der Waals surface area contributed by atoms with Gasteiger partial charge in [0.25, 0.3) is 0 Å². The lowest BCUT2D eigenvalue weighted by Crippen LogP contribution is -2.55. The molecule has 16 heavy (non-hydrogen) atoms. The van der Waals surface area contributed by atoms with Gasteiger partial charge in [0, 0.05) is 37.6 Å². The molecule has 0 radical (unpaired) electrons. The van der Waals surface area contributed by atoms with Crippen LogP contribution in [0, 0.1) is 5.92 Å². The quantitative estimate of drug-likeness (QED) is 0.728. The Bertz CT molecular complexity index is 238. The van der Waals surface area contributed by atoms with E-state index in [1.54, 1.807) is 0 Å². The molecule has 1 saturated heterocycles. The minimum atomic E-state index is 0.165. The summed E-state index contributed by atoms with van der Waals surface area (Å²) in [6.45, 7) is 14.5. The molecule has 3 heteroatoms. The van der Waals surface area contributed by atoms with Crippen molar-refractivity contribution in [3.8, 4) is 0 Å². The van der Waals surface area contributed by atoms with Crippen molar-refractivity contribution in [2.75, 3.05) is 26.2 Å². The average molecular weight is 226 g/mol. The van der Waals surface area contributed by atoms with E-state index in [0.29, 0.717) is 24.4 Å². The van der Waals surface area contributed by atoms with Crippen molar-refractivity contribution in [1.29, 1.82) is 0 Å². The molecule has 1 atom stereocenters. The van der Waals surface area contributed by atoms with Gasteiger partial charge in [0.1, 0.15) is 5.78 Å². The zero-order valence-corrected chi connectivity index (χ0v) is 11.4. The lowest BCUT2D eigenvalue weighted by molar-refractivity contribution is -0.123. The first-order chi connectivity index (χ1) is 7.41. The second-order valence-corrected chi connectivity index (χ2v) is 5.54. The van der Waals surface area contributed by atoms with Gasteiger partial charge in [-0.2, -0.15) is 0 Å². The van der Waals surface area contributed by atoms with E-state index in [-0.39, 0.29) is 5.92 Å². The average Bonchev–Trinajstić information content (AvgIpc) is 2.16. The van der Waals surface area contributed by atoms with Crippen molar-refractivity contribution < 1.29 is 4.79 Å². The zero-order valence-electron chi connectivity index (χ0n) is 11.4. The van der Waals surface area contributed by atoms with Crippen LogP contribution < -0.4 is 0 Å². The smallest absolute Gasteiger partial charge is 0.149 e. The van der Waals surface area contributed by atoms with Crippen molar-refractivity contribution in [3.63, 3.8) is 0 Å². The predicted octanol–water partition coefficient (Wildman–Crippen LogP) is 1.63. The number of Topliss-reactive ketones (excluding diaryl/α,β-unsaturated/α-hetero) is 1. The Morgan fingerprint density at radius 3 is 2.31 bits per heavy atom. The van der Waals surface area contributed by atoms with Gasteiger partial charge >= 0.3 is 0 Å². The van der Waals surface area contributed by atoms with Crippen molar-refractivity contribution in [2.24, 2.45) is 5.92 Å². The summed E-state index contributed by atoms with van der Waals surface area (Å²) in [5.74, 6) is 0.531. The van der Waals surface area contributed by atoms with E-state index in [1.807, 2.05) is 13.8 Å². The lowest BCUT2D eigenvalue weighted by atomic mass is 10.1. The monoisotopic (exact) mass is 226 g/mol. The first-order valence-corrected chi connectivity index (χ1v) is 6.42. The molecule has 0 spiro atoms. The number of ketones is 1. The third kappa shape index (κ3) is 3.56. The van der Waals surface area contributed by atoms with E-state index in [0.717, 1.165) is 19.6 Å². The zero-order chi connectivity index (χ0) is 12.3. The fourth-order valence-electron chi connectivity index (χ4n) is 2.36. The molecule has 0 N–H and O–H groups in total. The third-order valence-corrected chi connectivity index (χ3v) is 3.45. The molecule has 94 valence electrons. The molecular formula is C13H26N2O. The highest BCUT2D eigenvalue weighted by Crippen LogP contribution is 2.13. The number of carbonyl (C=O) groups excluding carboxylic acids is 1. The van der Waals surface area contributed by atoms with Crippen LogP contribution in [0.2, 0.25) is 0 Å². The minimum Gasteiger partial charge on any atom is -0.298 e. The Morgan fingerprint density at radius 2 is 1.88 bits per heavy atom. The van der Waals surface area contributed by atoms with Crippen molar-refractivity contribution >= 4 is 5.78 Å². The van der Waals surface area contributed by atoms with Crippen molar-refractivity contribution in [3.05, 3.63) is 0 Å². The molecule has 0 aromatic heterocycles. The third-order valence-electron chi connectivity index (χ3n) is 3.45. The Hall–Kier alpha value is -0.410. The highest BCUT2D eigenvalue weighted by molar-refractivity contribution is 5.82. The maximum atomic E-state index is 11.7. The lowest BCUT2D eigenvalue weighted by Gasteiger charge is -2.42. The van der Waals surface area contributed by atoms with Crippen LogP contribution in [0.15, 0.2) is 0 Å². The van der Waals surface area contributed by atoms with Gasteiger partial charge < -0.3 is 0 Å². The molecule has 0 aromatic carbocycles. The van der Waals surface area contributed by atoms with Crippen molar-refractivity contribution in [1.82, 2.24) is 9.80 Å². The number of nitrogens with zero attached hydrogens (tertiary/aromatic N) is 2. The van der Waals surface area contributed by atoms with Crippen LogP contribution in [0.4, 0.5) is 0 Å². The van der Waals surface area contributed by atoms with Gasteiger partial charge in [-0.1, -0.05) is 13.8 Å². The van der Waals surface area contributed by atoms with Crippen LogP contribution >= 0.6 is 0 Å². The van der Waals surface area contributed by atoms with Gasteiger partial charge in [-0.25, -0.2) is 0 Å². The van der Waals surface area contributed by atoms with E-state index < -0.39 is 0 Å². The van der Waals surface area contributed by atoms with E-state index in [1.165, 1.54) is 0 Å². The van der Waals surface area contributed by atoms with Gasteiger partial charge in [0.15, 0.2) is 0 Å². The summed E-state index contributed by atoms with van der Waals surface area (Å²) in [5.41, 5.74) is 0. The van der Waals surface area contributed by atoms with E-state index in [2.05, 4.69) is 30.6 Å². The molecule has 1 rings (SSSR count). The number of carbonyl (C=O) groups is 1. The molecule has 1 aliphatic heterocycles. The van der Waals surface area contributed by atoms with Gasteiger partial charge in [-0.3, -0.25) is 14.6 Å². The summed E-state index contributed by atoms with van der Waals surface area (Å²) in [6.07, 6.45) is 0. The maximum absolute atomic E-state index is 11.7. The summed E-state index contributed by atoms with van der Waals surface area (Å²) in [4.78, 5) is 16.5. The van der Waals surface area contributed by atoms with Gasteiger partial charge in [0.2, 0.25) is 0 Å². The molecule has 0 aromatic rings. The predicted molar refractivity (Wildman–Crippen MR) is 67.6 cm³/mol. The molecular weight excluding hydrogens is 200 g/mol. The Labute approximate surface area is 99.8 Å². The van der Waals surface area contributed by atoms with Crippen LogP contribution in [0.3, 0.4) is 0 Å². The second-order valence-electron chi connectivity index (χ2n) is 5.54. The number of hydrogen-bond donors (Lipinski definition) is 0. The Morgan fingerprint density at radius 1 is 1.25 bits per heavy atom. The Kier molecular flexibility index (Phi) is 4.93. The molecule has 0 aliphatic carbocycles. The standard InChI is InChI=1S/C13H26N2O/c1-10(2)13(16)9-14-6-7-15(11(3)4)12(5)8-14/h10-12H,6-9H2,1-5H3/t12-/m1/s1. The summed E-state index contributed by atoms with van der Waals surface area (Å²) in [7, 11) is 0. The molecule has 0 amide bonds. The SMILES string of the molecule is CC(C)C(=O)CN1CCN(C(C)C)[C@H](C)C1. The normalized spacial score (nSPS) is 24.3. The fourth-order valence-corrected chi connectivity index (χ4v) is 2.36. The first kappa shape index (κ1) is 13.7. The minimum absolute atomic E-state index is 0.165. The van der Waals surface area contributed by atoms with Crippen LogP contribution in [0.25, 0.3) is 0 Å². The van der Waals surface area contributed by atoms with Crippen molar-refractivity contribution in [2.45, 2.75) is 46.7 Å². The molecule has 0 saturated carbocycles.